The topological polar surface area (TPSA) is 49.4 Å². The van der Waals surface area contributed by atoms with Crippen LogP contribution in [0.4, 0.5) is 4.39 Å². The number of rotatable bonds is 5. The van der Waals surface area contributed by atoms with Gasteiger partial charge in [-0.15, -0.1) is 0 Å². The van der Waals surface area contributed by atoms with Crippen molar-refractivity contribution in [3.8, 4) is 0 Å². The molecule has 1 aromatic carbocycles. The Labute approximate surface area is 125 Å². The standard InChI is InChI=1S/C16H23FN2O2/c1-12(20)19(16(2,3)4)11-15(21)18-10-9-13-7-5-6-8-14(13)17/h5-8H,9-11H2,1-4H3,(H,18,21). The van der Waals surface area contributed by atoms with E-state index in [1.54, 1.807) is 18.2 Å². The Morgan fingerprint density at radius 2 is 1.86 bits per heavy atom. The average Bonchev–Trinajstić information content (AvgIpc) is 2.36. The van der Waals surface area contributed by atoms with Crippen LogP contribution in [-0.4, -0.2) is 35.3 Å². The molecule has 1 aromatic rings. The highest BCUT2D eigenvalue weighted by Gasteiger charge is 2.25. The summed E-state index contributed by atoms with van der Waals surface area (Å²) in [7, 11) is 0. The van der Waals surface area contributed by atoms with E-state index in [0.29, 0.717) is 18.5 Å². The minimum Gasteiger partial charge on any atom is -0.354 e. The van der Waals surface area contributed by atoms with Gasteiger partial charge >= 0.3 is 0 Å². The zero-order valence-corrected chi connectivity index (χ0v) is 13.1. The molecule has 0 aliphatic carbocycles. The molecule has 1 rings (SSSR count). The quantitative estimate of drug-likeness (QED) is 0.904. The van der Waals surface area contributed by atoms with Crippen LogP contribution in [0.25, 0.3) is 0 Å². The molecular weight excluding hydrogens is 271 g/mol. The molecule has 0 aliphatic heterocycles. The lowest BCUT2D eigenvalue weighted by atomic mass is 10.1. The predicted octanol–water partition coefficient (Wildman–Crippen LogP) is 2.13. The number of hydrogen-bond acceptors (Lipinski definition) is 2. The number of halogens is 1. The van der Waals surface area contributed by atoms with Crippen molar-refractivity contribution in [2.75, 3.05) is 13.1 Å². The van der Waals surface area contributed by atoms with Crippen LogP contribution in [0.2, 0.25) is 0 Å². The van der Waals surface area contributed by atoms with Gasteiger partial charge in [0.1, 0.15) is 12.4 Å². The van der Waals surface area contributed by atoms with E-state index in [1.165, 1.54) is 17.9 Å². The summed E-state index contributed by atoms with van der Waals surface area (Å²) in [5.74, 6) is -0.657. The smallest absolute Gasteiger partial charge is 0.239 e. The molecule has 2 amide bonds. The number of benzene rings is 1. The Morgan fingerprint density at radius 3 is 2.38 bits per heavy atom. The number of carbonyl (C=O) groups excluding carboxylic acids is 2. The van der Waals surface area contributed by atoms with Crippen LogP contribution in [0.5, 0.6) is 0 Å². The lowest BCUT2D eigenvalue weighted by Gasteiger charge is -2.34. The molecule has 0 saturated heterocycles. The molecule has 0 saturated carbocycles. The SMILES string of the molecule is CC(=O)N(CC(=O)NCCc1ccccc1F)C(C)(C)C. The zero-order chi connectivity index (χ0) is 16.0. The Bertz CT molecular complexity index is 509. The summed E-state index contributed by atoms with van der Waals surface area (Å²) in [5.41, 5.74) is 0.159. The van der Waals surface area contributed by atoms with Crippen molar-refractivity contribution in [3.63, 3.8) is 0 Å². The van der Waals surface area contributed by atoms with E-state index < -0.39 is 5.54 Å². The minimum absolute atomic E-state index is 0.0100. The molecule has 0 bridgehead atoms. The lowest BCUT2D eigenvalue weighted by molar-refractivity contribution is -0.138. The first-order valence-electron chi connectivity index (χ1n) is 7.00. The Kier molecular flexibility index (Phi) is 5.88. The largest absolute Gasteiger partial charge is 0.354 e. The number of hydrogen-bond donors (Lipinski definition) is 1. The van der Waals surface area contributed by atoms with Crippen molar-refractivity contribution in [2.45, 2.75) is 39.7 Å². The molecule has 0 radical (unpaired) electrons. The molecule has 0 unspecified atom stereocenters. The third-order valence-electron chi connectivity index (χ3n) is 3.17. The van der Waals surface area contributed by atoms with Crippen LogP contribution in [0.3, 0.4) is 0 Å². The lowest BCUT2D eigenvalue weighted by Crippen LogP contribution is -2.49. The highest BCUT2D eigenvalue weighted by atomic mass is 19.1. The van der Waals surface area contributed by atoms with Gasteiger partial charge in [-0.25, -0.2) is 4.39 Å². The van der Waals surface area contributed by atoms with Gasteiger partial charge in [-0.05, 0) is 38.8 Å². The fourth-order valence-electron chi connectivity index (χ4n) is 2.06. The Morgan fingerprint density at radius 1 is 1.24 bits per heavy atom. The van der Waals surface area contributed by atoms with Gasteiger partial charge in [0.2, 0.25) is 11.8 Å². The third kappa shape index (κ3) is 5.53. The summed E-state index contributed by atoms with van der Waals surface area (Å²) in [6.07, 6.45) is 0.425. The first-order chi connectivity index (χ1) is 9.71. The molecule has 0 fully saturated rings. The van der Waals surface area contributed by atoms with E-state index in [9.17, 15) is 14.0 Å². The van der Waals surface area contributed by atoms with Gasteiger partial charge in [-0.3, -0.25) is 9.59 Å². The van der Waals surface area contributed by atoms with E-state index in [1.807, 2.05) is 20.8 Å². The molecule has 5 heteroatoms. The number of nitrogens with zero attached hydrogens (tertiary/aromatic N) is 1. The van der Waals surface area contributed by atoms with Gasteiger partial charge in [0.05, 0.1) is 0 Å². The summed E-state index contributed by atoms with van der Waals surface area (Å²) in [6, 6.07) is 6.48. The highest BCUT2D eigenvalue weighted by Crippen LogP contribution is 2.12. The normalized spacial score (nSPS) is 11.1. The molecule has 0 spiro atoms. The van der Waals surface area contributed by atoms with Gasteiger partial charge < -0.3 is 10.2 Å². The van der Waals surface area contributed by atoms with E-state index in [0.717, 1.165) is 0 Å². The molecule has 0 atom stereocenters. The van der Waals surface area contributed by atoms with E-state index in [4.69, 9.17) is 0 Å². The molecule has 1 N–H and O–H groups in total. The van der Waals surface area contributed by atoms with Crippen molar-refractivity contribution in [1.29, 1.82) is 0 Å². The zero-order valence-electron chi connectivity index (χ0n) is 13.1. The Hall–Kier alpha value is -1.91. The summed E-state index contributed by atoms with van der Waals surface area (Å²) < 4.78 is 13.4. The summed E-state index contributed by atoms with van der Waals surface area (Å²) in [5, 5.41) is 2.72. The molecule has 116 valence electrons. The molecule has 0 heterocycles. The second-order valence-electron chi connectivity index (χ2n) is 5.97. The molecule has 0 aromatic heterocycles. The number of amides is 2. The monoisotopic (exact) mass is 294 g/mol. The summed E-state index contributed by atoms with van der Waals surface area (Å²) in [6.45, 7) is 7.42. The van der Waals surface area contributed by atoms with E-state index in [-0.39, 0.29) is 24.2 Å². The molecular formula is C16H23FN2O2. The van der Waals surface area contributed by atoms with Gasteiger partial charge in [0.15, 0.2) is 0 Å². The average molecular weight is 294 g/mol. The van der Waals surface area contributed by atoms with Crippen LogP contribution >= 0.6 is 0 Å². The molecule has 0 aliphatic rings. The summed E-state index contributed by atoms with van der Waals surface area (Å²) in [4.78, 5) is 24.9. The van der Waals surface area contributed by atoms with Crippen LogP contribution in [-0.2, 0) is 16.0 Å². The van der Waals surface area contributed by atoms with Gasteiger partial charge in [0.25, 0.3) is 0 Å². The fraction of sp³-hybridized carbons (Fsp3) is 0.500. The predicted molar refractivity (Wildman–Crippen MR) is 80.3 cm³/mol. The van der Waals surface area contributed by atoms with Crippen molar-refractivity contribution < 1.29 is 14.0 Å². The number of carbonyl (C=O) groups is 2. The van der Waals surface area contributed by atoms with Crippen molar-refractivity contribution >= 4 is 11.8 Å². The van der Waals surface area contributed by atoms with E-state index >= 15 is 0 Å². The summed E-state index contributed by atoms with van der Waals surface area (Å²) >= 11 is 0. The third-order valence-corrected chi connectivity index (χ3v) is 3.17. The van der Waals surface area contributed by atoms with Crippen molar-refractivity contribution in [3.05, 3.63) is 35.6 Å². The van der Waals surface area contributed by atoms with Crippen LogP contribution in [0, 0.1) is 5.82 Å². The maximum absolute atomic E-state index is 13.4. The molecule has 4 nitrogen and oxygen atoms in total. The number of nitrogens with one attached hydrogen (secondary N) is 1. The van der Waals surface area contributed by atoms with Gasteiger partial charge in [0, 0.05) is 19.0 Å². The van der Waals surface area contributed by atoms with E-state index in [2.05, 4.69) is 5.32 Å². The Balaban J connectivity index is 2.47. The van der Waals surface area contributed by atoms with Crippen LogP contribution in [0.15, 0.2) is 24.3 Å². The maximum Gasteiger partial charge on any atom is 0.239 e. The maximum atomic E-state index is 13.4. The minimum atomic E-state index is -0.408. The van der Waals surface area contributed by atoms with Gasteiger partial charge in [-0.1, -0.05) is 18.2 Å². The van der Waals surface area contributed by atoms with Crippen LogP contribution in [0.1, 0.15) is 33.3 Å². The second kappa shape index (κ2) is 7.20. The van der Waals surface area contributed by atoms with Gasteiger partial charge in [-0.2, -0.15) is 0 Å². The van der Waals surface area contributed by atoms with Crippen molar-refractivity contribution in [1.82, 2.24) is 10.2 Å². The second-order valence-corrected chi connectivity index (χ2v) is 5.97. The van der Waals surface area contributed by atoms with Crippen LogP contribution < -0.4 is 5.32 Å². The fourth-order valence-corrected chi connectivity index (χ4v) is 2.06. The first kappa shape index (κ1) is 17.1. The van der Waals surface area contributed by atoms with Crippen molar-refractivity contribution in [2.24, 2.45) is 0 Å². The first-order valence-corrected chi connectivity index (χ1v) is 7.00. The molecule has 21 heavy (non-hydrogen) atoms. The highest BCUT2D eigenvalue weighted by molar-refractivity contribution is 5.84.